The first-order chi connectivity index (χ1) is 13.3. The van der Waals surface area contributed by atoms with Crippen molar-refractivity contribution >= 4 is 11.6 Å². The summed E-state index contributed by atoms with van der Waals surface area (Å²) in [5.74, 6) is -0.785. The maximum atomic E-state index is 13.8. The number of hydrogen-bond acceptors (Lipinski definition) is 3. The van der Waals surface area contributed by atoms with Crippen LogP contribution in [0.1, 0.15) is 5.69 Å². The second kappa shape index (κ2) is 6.79. The average molecular weight is 408 g/mol. The fraction of sp³-hybridized carbons (Fsp3) is 0.0526. The molecule has 0 saturated heterocycles. The summed E-state index contributed by atoms with van der Waals surface area (Å²) in [6, 6.07) is 12.7. The van der Waals surface area contributed by atoms with Crippen molar-refractivity contribution in [1.82, 2.24) is 14.9 Å². The first-order valence-electron chi connectivity index (χ1n) is 7.97. The van der Waals surface area contributed by atoms with Gasteiger partial charge in [0.2, 0.25) is 0 Å². The van der Waals surface area contributed by atoms with Crippen LogP contribution in [0.5, 0.6) is 0 Å². The maximum absolute atomic E-state index is 13.8. The molecular formula is C19H10ClF4N3O. The van der Waals surface area contributed by atoms with Crippen molar-refractivity contribution < 1.29 is 22.1 Å². The molecule has 28 heavy (non-hydrogen) atoms. The van der Waals surface area contributed by atoms with Crippen LogP contribution in [0.3, 0.4) is 0 Å². The summed E-state index contributed by atoms with van der Waals surface area (Å²) in [7, 11) is 0. The largest absolute Gasteiger partial charge is 0.434 e. The van der Waals surface area contributed by atoms with E-state index in [1.807, 2.05) is 0 Å². The molecule has 0 aliphatic heterocycles. The zero-order chi connectivity index (χ0) is 19.9. The lowest BCUT2D eigenvalue weighted by atomic mass is 10.1. The van der Waals surface area contributed by atoms with Crippen molar-refractivity contribution in [2.24, 2.45) is 0 Å². The molecule has 4 nitrogen and oxygen atoms in total. The topological polar surface area (TPSA) is 43.9 Å². The molecule has 2 aromatic carbocycles. The lowest BCUT2D eigenvalue weighted by Gasteiger charge is -2.11. The molecule has 4 rings (SSSR count). The molecule has 0 bridgehead atoms. The van der Waals surface area contributed by atoms with Crippen molar-refractivity contribution in [2.75, 3.05) is 0 Å². The highest BCUT2D eigenvalue weighted by Crippen LogP contribution is 2.39. The lowest BCUT2D eigenvalue weighted by molar-refractivity contribution is -0.142. The van der Waals surface area contributed by atoms with E-state index in [1.165, 1.54) is 18.2 Å². The van der Waals surface area contributed by atoms with Gasteiger partial charge < -0.3 is 4.52 Å². The molecule has 142 valence electrons. The highest BCUT2D eigenvalue weighted by atomic mass is 35.5. The quantitative estimate of drug-likeness (QED) is 0.391. The molecule has 0 saturated carbocycles. The van der Waals surface area contributed by atoms with Gasteiger partial charge in [0.15, 0.2) is 11.5 Å². The third-order valence-corrected chi connectivity index (χ3v) is 4.26. The van der Waals surface area contributed by atoms with E-state index in [2.05, 4.69) is 10.3 Å². The molecule has 2 aromatic heterocycles. The number of alkyl halides is 3. The monoisotopic (exact) mass is 407 g/mol. The van der Waals surface area contributed by atoms with Crippen LogP contribution in [0, 0.1) is 5.82 Å². The number of hydrogen-bond donors (Lipinski definition) is 0. The Hall–Kier alpha value is -3.13. The molecule has 2 heterocycles. The third-order valence-electron chi connectivity index (χ3n) is 4.01. The average Bonchev–Trinajstić information content (AvgIpc) is 3.29. The van der Waals surface area contributed by atoms with E-state index < -0.39 is 17.7 Å². The van der Waals surface area contributed by atoms with Crippen molar-refractivity contribution in [1.29, 1.82) is 0 Å². The number of nitrogens with zero attached hydrogens (tertiary/aromatic N) is 3. The Morgan fingerprint density at radius 3 is 2.43 bits per heavy atom. The summed E-state index contributed by atoms with van der Waals surface area (Å²) in [5, 5.41) is 8.13. The van der Waals surface area contributed by atoms with Crippen LogP contribution >= 0.6 is 11.6 Å². The van der Waals surface area contributed by atoms with E-state index in [-0.39, 0.29) is 17.0 Å². The predicted molar refractivity (Wildman–Crippen MR) is 94.5 cm³/mol. The molecule has 0 radical (unpaired) electrons. The first-order valence-corrected chi connectivity index (χ1v) is 8.35. The Morgan fingerprint density at radius 2 is 1.75 bits per heavy atom. The Kier molecular flexibility index (Phi) is 4.43. The summed E-state index contributed by atoms with van der Waals surface area (Å²) in [4.78, 5) is 0. The van der Waals surface area contributed by atoms with Gasteiger partial charge in [0.25, 0.3) is 0 Å². The molecular weight excluding hydrogens is 398 g/mol. The zero-order valence-electron chi connectivity index (χ0n) is 13.9. The SMILES string of the molecule is Fc1cccc(-n2ncc(-c3cc(-c4ccc(Cl)cc4)no3)c2C(F)(F)F)c1. The molecule has 0 fully saturated rings. The van der Waals surface area contributed by atoms with Crippen molar-refractivity contribution in [2.45, 2.75) is 6.18 Å². The van der Waals surface area contributed by atoms with Gasteiger partial charge in [-0.15, -0.1) is 0 Å². The highest BCUT2D eigenvalue weighted by Gasteiger charge is 2.40. The van der Waals surface area contributed by atoms with Crippen LogP contribution in [0.2, 0.25) is 5.02 Å². The summed E-state index contributed by atoms with van der Waals surface area (Å²) in [6.45, 7) is 0. The Bertz CT molecular complexity index is 1130. The lowest BCUT2D eigenvalue weighted by Crippen LogP contribution is -2.14. The molecule has 0 aliphatic rings. The van der Waals surface area contributed by atoms with Crippen LogP contribution in [0.15, 0.2) is 65.3 Å². The summed E-state index contributed by atoms with van der Waals surface area (Å²) in [6.07, 6.45) is -3.74. The normalized spacial score (nSPS) is 11.8. The highest BCUT2D eigenvalue weighted by molar-refractivity contribution is 6.30. The van der Waals surface area contributed by atoms with E-state index in [0.717, 1.165) is 18.3 Å². The molecule has 0 unspecified atom stereocenters. The standard InChI is InChI=1S/C19H10ClF4N3O/c20-12-6-4-11(5-7-12)16-9-17(28-26-16)15-10-25-27(18(15)19(22,23)24)14-3-1-2-13(21)8-14/h1-10H. The summed E-state index contributed by atoms with van der Waals surface area (Å²) in [5.41, 5.74) is -0.471. The molecule has 0 N–H and O–H groups in total. The molecule has 0 spiro atoms. The molecule has 0 amide bonds. The van der Waals surface area contributed by atoms with E-state index in [0.29, 0.717) is 21.0 Å². The number of benzene rings is 2. The smallest absolute Gasteiger partial charge is 0.356 e. The van der Waals surface area contributed by atoms with Crippen LogP contribution < -0.4 is 0 Å². The zero-order valence-corrected chi connectivity index (χ0v) is 14.7. The summed E-state index contributed by atoms with van der Waals surface area (Å²) >= 11 is 5.84. The van der Waals surface area contributed by atoms with Gasteiger partial charge in [0.1, 0.15) is 11.5 Å². The van der Waals surface area contributed by atoms with Gasteiger partial charge in [-0.2, -0.15) is 18.3 Å². The predicted octanol–water partition coefficient (Wildman–Crippen LogP) is 6.01. The van der Waals surface area contributed by atoms with E-state index in [4.69, 9.17) is 16.1 Å². The van der Waals surface area contributed by atoms with Crippen LogP contribution in [-0.2, 0) is 6.18 Å². The Labute approximate surface area is 161 Å². The van der Waals surface area contributed by atoms with Crippen LogP contribution in [-0.4, -0.2) is 14.9 Å². The molecule has 4 aromatic rings. The fourth-order valence-electron chi connectivity index (χ4n) is 2.76. The van der Waals surface area contributed by atoms with Gasteiger partial charge in [0, 0.05) is 16.7 Å². The van der Waals surface area contributed by atoms with Gasteiger partial charge in [-0.3, -0.25) is 0 Å². The van der Waals surface area contributed by atoms with Crippen molar-refractivity contribution in [3.8, 4) is 28.3 Å². The van der Waals surface area contributed by atoms with Gasteiger partial charge in [-0.1, -0.05) is 35.0 Å². The van der Waals surface area contributed by atoms with Crippen LogP contribution in [0.4, 0.5) is 17.6 Å². The second-order valence-corrected chi connectivity index (χ2v) is 6.32. The first kappa shape index (κ1) is 18.2. The van der Waals surface area contributed by atoms with Crippen molar-refractivity contribution in [3.05, 3.63) is 77.3 Å². The third kappa shape index (κ3) is 3.38. The summed E-state index contributed by atoms with van der Waals surface area (Å²) < 4.78 is 60.5. The molecule has 0 atom stereocenters. The van der Waals surface area contributed by atoms with Gasteiger partial charge >= 0.3 is 6.18 Å². The number of rotatable bonds is 3. The number of aromatic nitrogens is 3. The fourth-order valence-corrected chi connectivity index (χ4v) is 2.89. The van der Waals surface area contributed by atoms with E-state index in [9.17, 15) is 17.6 Å². The molecule has 0 aliphatic carbocycles. The Morgan fingerprint density at radius 1 is 1.00 bits per heavy atom. The van der Waals surface area contributed by atoms with Gasteiger partial charge in [-0.05, 0) is 30.3 Å². The molecule has 9 heteroatoms. The van der Waals surface area contributed by atoms with E-state index >= 15 is 0 Å². The second-order valence-electron chi connectivity index (χ2n) is 5.88. The Balaban J connectivity index is 1.82. The van der Waals surface area contributed by atoms with E-state index in [1.54, 1.807) is 24.3 Å². The van der Waals surface area contributed by atoms with Gasteiger partial charge in [0.05, 0.1) is 17.4 Å². The van der Waals surface area contributed by atoms with Gasteiger partial charge in [-0.25, -0.2) is 9.07 Å². The van der Waals surface area contributed by atoms with Crippen LogP contribution in [0.25, 0.3) is 28.3 Å². The minimum atomic E-state index is -4.76. The minimum absolute atomic E-state index is 0.0592. The minimum Gasteiger partial charge on any atom is -0.356 e. The van der Waals surface area contributed by atoms with Crippen molar-refractivity contribution in [3.63, 3.8) is 0 Å². The number of halogens is 5. The maximum Gasteiger partial charge on any atom is 0.434 e.